The SMILES string of the molecule is C[C@H]1Cc2cc(Br)ccc2N1C(=O)CN(Cc1ccccc1)S(=O)(=O)c1ccc(Br)cc1. The Morgan fingerprint density at radius 2 is 1.66 bits per heavy atom. The van der Waals surface area contributed by atoms with Gasteiger partial charge in [0.05, 0.1) is 11.4 Å². The number of nitrogens with zero attached hydrogens (tertiary/aromatic N) is 2. The van der Waals surface area contributed by atoms with Crippen LogP contribution in [0.2, 0.25) is 0 Å². The van der Waals surface area contributed by atoms with Gasteiger partial charge in [0, 0.05) is 27.2 Å². The van der Waals surface area contributed by atoms with Crippen LogP contribution in [0, 0.1) is 0 Å². The molecule has 1 atom stereocenters. The molecule has 0 saturated carbocycles. The van der Waals surface area contributed by atoms with Crippen molar-refractivity contribution in [2.75, 3.05) is 11.4 Å². The summed E-state index contributed by atoms with van der Waals surface area (Å²) in [6.07, 6.45) is 0.735. The van der Waals surface area contributed by atoms with E-state index in [1.54, 1.807) is 29.2 Å². The lowest BCUT2D eigenvalue weighted by Gasteiger charge is -2.27. The molecule has 32 heavy (non-hydrogen) atoms. The molecular weight excluding hydrogens is 556 g/mol. The molecule has 5 nitrogen and oxygen atoms in total. The molecule has 0 spiro atoms. The molecule has 0 saturated heterocycles. The van der Waals surface area contributed by atoms with Crippen LogP contribution in [0.1, 0.15) is 18.1 Å². The highest BCUT2D eigenvalue weighted by atomic mass is 79.9. The average molecular weight is 578 g/mol. The van der Waals surface area contributed by atoms with Crippen LogP contribution >= 0.6 is 31.9 Å². The van der Waals surface area contributed by atoms with Gasteiger partial charge in [0.2, 0.25) is 15.9 Å². The number of fused-ring (bicyclic) bond motifs is 1. The summed E-state index contributed by atoms with van der Waals surface area (Å²) in [6, 6.07) is 21.6. The number of rotatable bonds is 6. The van der Waals surface area contributed by atoms with E-state index in [9.17, 15) is 13.2 Å². The van der Waals surface area contributed by atoms with E-state index in [0.717, 1.165) is 32.2 Å². The number of hydrogen-bond donors (Lipinski definition) is 0. The molecule has 0 bridgehead atoms. The summed E-state index contributed by atoms with van der Waals surface area (Å²) in [5.41, 5.74) is 2.73. The topological polar surface area (TPSA) is 57.7 Å². The first kappa shape index (κ1) is 23.2. The lowest BCUT2D eigenvalue weighted by Crippen LogP contribution is -2.44. The predicted octanol–water partition coefficient (Wildman–Crippen LogP) is 5.38. The standard InChI is InChI=1S/C24H22Br2N2O3S/c1-17-13-19-14-21(26)9-12-23(19)28(17)24(29)16-27(15-18-5-3-2-4-6-18)32(30,31)22-10-7-20(25)8-11-22/h2-12,14,17H,13,15-16H2,1H3/t17-/m0/s1. The molecule has 1 heterocycles. The smallest absolute Gasteiger partial charge is 0.243 e. The second-order valence-electron chi connectivity index (χ2n) is 7.80. The minimum atomic E-state index is -3.88. The number of benzene rings is 3. The Hall–Kier alpha value is -2.00. The summed E-state index contributed by atoms with van der Waals surface area (Å²) in [7, 11) is -3.88. The third kappa shape index (κ3) is 4.83. The molecule has 0 N–H and O–H groups in total. The first-order valence-corrected chi connectivity index (χ1v) is 13.2. The van der Waals surface area contributed by atoms with E-state index in [2.05, 4.69) is 31.9 Å². The molecule has 3 aromatic rings. The molecular formula is C24H22Br2N2O3S. The molecule has 0 aromatic heterocycles. The third-order valence-corrected chi connectivity index (χ3v) is 8.32. The van der Waals surface area contributed by atoms with Crippen LogP contribution in [-0.2, 0) is 27.8 Å². The van der Waals surface area contributed by atoms with E-state index in [1.165, 1.54) is 4.31 Å². The van der Waals surface area contributed by atoms with Gasteiger partial charge < -0.3 is 4.90 Å². The fourth-order valence-electron chi connectivity index (χ4n) is 3.98. The number of anilines is 1. The summed E-state index contributed by atoms with van der Waals surface area (Å²) in [6.45, 7) is 1.85. The maximum atomic E-state index is 13.5. The van der Waals surface area contributed by atoms with Gasteiger partial charge in [0.15, 0.2) is 0 Å². The number of amides is 1. The summed E-state index contributed by atoms with van der Waals surface area (Å²) in [4.78, 5) is 15.3. The lowest BCUT2D eigenvalue weighted by molar-refractivity contribution is -0.119. The molecule has 1 aliphatic heterocycles. The molecule has 0 fully saturated rings. The Morgan fingerprint density at radius 1 is 1.00 bits per heavy atom. The van der Waals surface area contributed by atoms with Crippen molar-refractivity contribution in [3.8, 4) is 0 Å². The van der Waals surface area contributed by atoms with E-state index >= 15 is 0 Å². The van der Waals surface area contributed by atoms with Crippen molar-refractivity contribution in [1.29, 1.82) is 0 Å². The van der Waals surface area contributed by atoms with Crippen LogP contribution in [0.15, 0.2) is 86.6 Å². The van der Waals surface area contributed by atoms with Crippen LogP contribution in [0.5, 0.6) is 0 Å². The molecule has 4 rings (SSSR count). The van der Waals surface area contributed by atoms with Crippen molar-refractivity contribution in [3.05, 3.63) is 92.9 Å². The normalized spacial score (nSPS) is 15.8. The first-order valence-electron chi connectivity index (χ1n) is 10.2. The van der Waals surface area contributed by atoms with Crippen LogP contribution in [0.4, 0.5) is 5.69 Å². The van der Waals surface area contributed by atoms with Crippen LogP contribution in [0.25, 0.3) is 0 Å². The quantitative estimate of drug-likeness (QED) is 0.395. The Bertz CT molecular complexity index is 1230. The van der Waals surface area contributed by atoms with Crippen molar-refractivity contribution in [1.82, 2.24) is 4.31 Å². The highest BCUT2D eigenvalue weighted by molar-refractivity contribution is 9.10. The molecule has 166 valence electrons. The van der Waals surface area contributed by atoms with Gasteiger partial charge in [-0.15, -0.1) is 0 Å². The molecule has 3 aromatic carbocycles. The zero-order valence-corrected chi connectivity index (χ0v) is 21.4. The Labute approximate surface area is 205 Å². The van der Waals surface area contributed by atoms with E-state index < -0.39 is 10.0 Å². The molecule has 1 amide bonds. The number of carbonyl (C=O) groups is 1. The summed E-state index contributed by atoms with van der Waals surface area (Å²) in [5.74, 6) is -0.241. The van der Waals surface area contributed by atoms with Crippen molar-refractivity contribution in [2.24, 2.45) is 0 Å². The Morgan fingerprint density at radius 3 is 2.34 bits per heavy atom. The second-order valence-corrected chi connectivity index (χ2v) is 11.6. The Kier molecular flexibility index (Phi) is 6.86. The van der Waals surface area contributed by atoms with Gasteiger partial charge in [0.1, 0.15) is 0 Å². The molecule has 8 heteroatoms. The highest BCUT2D eigenvalue weighted by Crippen LogP contribution is 2.34. The fraction of sp³-hybridized carbons (Fsp3) is 0.208. The number of halogens is 2. The second kappa shape index (κ2) is 9.47. The molecule has 0 aliphatic carbocycles. The minimum Gasteiger partial charge on any atom is -0.308 e. The fourth-order valence-corrected chi connectivity index (χ4v) is 6.03. The lowest BCUT2D eigenvalue weighted by atomic mass is 10.1. The molecule has 1 aliphatic rings. The van der Waals surface area contributed by atoms with Crippen LogP contribution in [-0.4, -0.2) is 31.2 Å². The van der Waals surface area contributed by atoms with Crippen LogP contribution in [0.3, 0.4) is 0 Å². The highest BCUT2D eigenvalue weighted by Gasteiger charge is 2.34. The van der Waals surface area contributed by atoms with Gasteiger partial charge in [-0.05, 0) is 66.9 Å². The summed E-state index contributed by atoms with van der Waals surface area (Å²) in [5, 5.41) is 0. The summed E-state index contributed by atoms with van der Waals surface area (Å²) >= 11 is 6.82. The maximum absolute atomic E-state index is 13.5. The van der Waals surface area contributed by atoms with Gasteiger partial charge in [0.25, 0.3) is 0 Å². The van der Waals surface area contributed by atoms with E-state index in [-0.39, 0.29) is 29.9 Å². The molecule has 0 unspecified atom stereocenters. The van der Waals surface area contributed by atoms with Gasteiger partial charge in [-0.25, -0.2) is 8.42 Å². The van der Waals surface area contributed by atoms with Gasteiger partial charge in [-0.2, -0.15) is 4.31 Å². The largest absolute Gasteiger partial charge is 0.308 e. The third-order valence-electron chi connectivity index (χ3n) is 5.49. The molecule has 0 radical (unpaired) electrons. The van der Waals surface area contributed by atoms with Gasteiger partial charge in [-0.3, -0.25) is 4.79 Å². The van der Waals surface area contributed by atoms with Crippen LogP contribution < -0.4 is 4.90 Å². The van der Waals surface area contributed by atoms with Crippen molar-refractivity contribution in [2.45, 2.75) is 30.8 Å². The van der Waals surface area contributed by atoms with E-state index in [0.29, 0.717) is 0 Å². The van der Waals surface area contributed by atoms with Crippen molar-refractivity contribution in [3.63, 3.8) is 0 Å². The zero-order chi connectivity index (χ0) is 22.9. The predicted molar refractivity (Wildman–Crippen MR) is 133 cm³/mol. The monoisotopic (exact) mass is 576 g/mol. The minimum absolute atomic E-state index is 0.0410. The maximum Gasteiger partial charge on any atom is 0.243 e. The number of sulfonamides is 1. The van der Waals surface area contributed by atoms with Gasteiger partial charge in [-0.1, -0.05) is 62.2 Å². The van der Waals surface area contributed by atoms with Crippen molar-refractivity contribution < 1.29 is 13.2 Å². The summed E-state index contributed by atoms with van der Waals surface area (Å²) < 4.78 is 30.0. The average Bonchev–Trinajstić information content (AvgIpc) is 3.09. The number of hydrogen-bond acceptors (Lipinski definition) is 3. The number of carbonyl (C=O) groups excluding carboxylic acids is 1. The first-order chi connectivity index (χ1) is 15.3. The van der Waals surface area contributed by atoms with E-state index in [4.69, 9.17) is 0 Å². The van der Waals surface area contributed by atoms with E-state index in [1.807, 2.05) is 55.5 Å². The van der Waals surface area contributed by atoms with Gasteiger partial charge >= 0.3 is 0 Å². The Balaban J connectivity index is 1.66. The van der Waals surface area contributed by atoms with Crippen molar-refractivity contribution >= 4 is 53.5 Å². The zero-order valence-electron chi connectivity index (χ0n) is 17.4.